The molecular weight excluding hydrogens is 192 g/mol. The zero-order valence-corrected chi connectivity index (χ0v) is 9.23. The third-order valence-electron chi connectivity index (χ3n) is 2.76. The van der Waals surface area contributed by atoms with Crippen molar-refractivity contribution in [1.29, 1.82) is 0 Å². The van der Waals surface area contributed by atoms with Crippen molar-refractivity contribution in [2.75, 3.05) is 7.11 Å². The number of ether oxygens (including phenoxy) is 1. The van der Waals surface area contributed by atoms with Gasteiger partial charge >= 0.3 is 5.97 Å². The molecule has 1 N–H and O–H groups in total. The Kier molecular flexibility index (Phi) is 3.72. The molecule has 0 spiro atoms. The maximum absolute atomic E-state index is 10.8. The number of methoxy groups -OCH3 is 1. The topological polar surface area (TPSA) is 46.5 Å². The molecule has 0 radical (unpaired) electrons. The van der Waals surface area contributed by atoms with E-state index < -0.39 is 11.9 Å². The number of benzene rings is 1. The van der Waals surface area contributed by atoms with Gasteiger partial charge in [0, 0.05) is 0 Å². The van der Waals surface area contributed by atoms with Crippen LogP contribution >= 0.6 is 0 Å². The highest BCUT2D eigenvalue weighted by atomic mass is 16.5. The van der Waals surface area contributed by atoms with E-state index >= 15 is 0 Å². The van der Waals surface area contributed by atoms with E-state index in [-0.39, 0.29) is 5.92 Å². The zero-order valence-electron chi connectivity index (χ0n) is 9.23. The van der Waals surface area contributed by atoms with Crippen LogP contribution in [0, 0.1) is 5.92 Å². The normalized spacial score (nSPS) is 14.3. The fraction of sp³-hybridized carbons (Fsp3) is 0.417. The van der Waals surface area contributed by atoms with E-state index in [1.165, 1.54) is 0 Å². The van der Waals surface area contributed by atoms with Crippen molar-refractivity contribution >= 4 is 5.97 Å². The Hall–Kier alpha value is -1.51. The molecule has 0 amide bonds. The fourth-order valence-electron chi connectivity index (χ4n) is 1.43. The highest BCUT2D eigenvalue weighted by molar-refractivity contribution is 5.70. The molecule has 15 heavy (non-hydrogen) atoms. The van der Waals surface area contributed by atoms with Crippen LogP contribution < -0.4 is 4.74 Å². The zero-order chi connectivity index (χ0) is 11.4. The first kappa shape index (κ1) is 11.6. The van der Waals surface area contributed by atoms with E-state index in [1.807, 2.05) is 31.2 Å². The number of hydrogen-bond donors (Lipinski definition) is 1. The Labute approximate surface area is 89.7 Å². The molecule has 0 saturated carbocycles. The molecule has 0 aliphatic heterocycles. The third kappa shape index (κ3) is 2.72. The third-order valence-corrected chi connectivity index (χ3v) is 2.76. The number of carboxylic acid groups (broad SMARTS) is 1. The van der Waals surface area contributed by atoms with Crippen molar-refractivity contribution in [3.63, 3.8) is 0 Å². The Morgan fingerprint density at radius 1 is 1.40 bits per heavy atom. The smallest absolute Gasteiger partial charge is 0.306 e. The number of hydrogen-bond acceptors (Lipinski definition) is 2. The Morgan fingerprint density at radius 2 is 2.07 bits per heavy atom. The first-order chi connectivity index (χ1) is 7.06. The summed E-state index contributed by atoms with van der Waals surface area (Å²) < 4.78 is 5.10. The number of carboxylic acids is 1. The summed E-state index contributed by atoms with van der Waals surface area (Å²) in [4.78, 5) is 10.8. The summed E-state index contributed by atoms with van der Waals surface area (Å²) in [6, 6.07) is 7.53. The van der Waals surface area contributed by atoms with Gasteiger partial charge in [-0.25, -0.2) is 0 Å². The van der Waals surface area contributed by atoms with Gasteiger partial charge in [0.1, 0.15) is 5.75 Å². The van der Waals surface area contributed by atoms with Crippen molar-refractivity contribution < 1.29 is 14.6 Å². The minimum Gasteiger partial charge on any atom is -0.497 e. The average Bonchev–Trinajstić information content (AvgIpc) is 2.27. The molecule has 1 rings (SSSR count). The summed E-state index contributed by atoms with van der Waals surface area (Å²) in [7, 11) is 1.60. The van der Waals surface area contributed by atoms with Crippen LogP contribution in [0.15, 0.2) is 24.3 Å². The van der Waals surface area contributed by atoms with Crippen LogP contribution in [0.25, 0.3) is 0 Å². The monoisotopic (exact) mass is 208 g/mol. The first-order valence-electron chi connectivity index (χ1n) is 4.93. The Bertz CT molecular complexity index is 346. The average molecular weight is 208 g/mol. The standard InChI is InChI=1S/C12H16O3/c1-8(9(2)12(13)14)10-5-4-6-11(7-10)15-3/h4-9H,1-3H3,(H,13,14). The van der Waals surface area contributed by atoms with E-state index in [4.69, 9.17) is 9.84 Å². The van der Waals surface area contributed by atoms with Crippen molar-refractivity contribution in [3.05, 3.63) is 29.8 Å². The molecule has 1 aromatic carbocycles. The SMILES string of the molecule is COc1cccc(C(C)C(C)C(=O)O)c1. The van der Waals surface area contributed by atoms with Gasteiger partial charge in [-0.15, -0.1) is 0 Å². The van der Waals surface area contributed by atoms with E-state index in [2.05, 4.69) is 0 Å². The predicted octanol–water partition coefficient (Wildman–Crippen LogP) is 2.52. The molecule has 0 aliphatic rings. The van der Waals surface area contributed by atoms with Gasteiger partial charge in [-0.3, -0.25) is 4.79 Å². The molecule has 0 saturated heterocycles. The van der Waals surface area contributed by atoms with Crippen LogP contribution in [0.1, 0.15) is 25.3 Å². The molecule has 2 unspecified atom stereocenters. The molecule has 0 heterocycles. The highest BCUT2D eigenvalue weighted by Gasteiger charge is 2.20. The molecule has 3 nitrogen and oxygen atoms in total. The summed E-state index contributed by atoms with van der Waals surface area (Å²) in [6.07, 6.45) is 0. The second-order valence-electron chi connectivity index (χ2n) is 3.69. The van der Waals surface area contributed by atoms with Gasteiger partial charge < -0.3 is 9.84 Å². The summed E-state index contributed by atoms with van der Waals surface area (Å²) in [5, 5.41) is 8.91. The lowest BCUT2D eigenvalue weighted by Gasteiger charge is -2.16. The second kappa shape index (κ2) is 4.82. The predicted molar refractivity (Wildman–Crippen MR) is 58.2 cm³/mol. The maximum Gasteiger partial charge on any atom is 0.306 e. The molecule has 3 heteroatoms. The van der Waals surface area contributed by atoms with Crippen LogP contribution in [0.3, 0.4) is 0 Å². The lowest BCUT2D eigenvalue weighted by molar-refractivity contribution is -0.141. The molecule has 1 aromatic rings. The number of carbonyl (C=O) groups is 1. The van der Waals surface area contributed by atoms with Gasteiger partial charge in [-0.2, -0.15) is 0 Å². The van der Waals surface area contributed by atoms with Crippen molar-refractivity contribution in [3.8, 4) is 5.75 Å². The molecule has 2 atom stereocenters. The van der Waals surface area contributed by atoms with Crippen molar-refractivity contribution in [2.45, 2.75) is 19.8 Å². The van der Waals surface area contributed by atoms with Gasteiger partial charge in [0.05, 0.1) is 13.0 Å². The van der Waals surface area contributed by atoms with Crippen LogP contribution in [0.2, 0.25) is 0 Å². The van der Waals surface area contributed by atoms with E-state index in [9.17, 15) is 4.79 Å². The Balaban J connectivity index is 2.90. The van der Waals surface area contributed by atoms with Crippen LogP contribution in [-0.2, 0) is 4.79 Å². The molecule has 82 valence electrons. The fourth-order valence-corrected chi connectivity index (χ4v) is 1.43. The first-order valence-corrected chi connectivity index (χ1v) is 4.93. The van der Waals surface area contributed by atoms with E-state index in [0.29, 0.717) is 0 Å². The molecule has 0 bridgehead atoms. The molecule has 0 aromatic heterocycles. The summed E-state index contributed by atoms with van der Waals surface area (Å²) in [5.74, 6) is -0.419. The minimum absolute atomic E-state index is 0.0161. The minimum atomic E-state index is -0.773. The van der Waals surface area contributed by atoms with Crippen molar-refractivity contribution in [2.24, 2.45) is 5.92 Å². The van der Waals surface area contributed by atoms with Gasteiger partial charge in [0.15, 0.2) is 0 Å². The molecule has 0 aliphatic carbocycles. The van der Waals surface area contributed by atoms with Gasteiger partial charge in [0.2, 0.25) is 0 Å². The van der Waals surface area contributed by atoms with Gasteiger partial charge in [-0.05, 0) is 23.6 Å². The molecule has 0 fully saturated rings. The lowest BCUT2D eigenvalue weighted by Crippen LogP contribution is -2.16. The van der Waals surface area contributed by atoms with Crippen LogP contribution in [0.4, 0.5) is 0 Å². The number of rotatable bonds is 4. The van der Waals surface area contributed by atoms with Gasteiger partial charge in [0.25, 0.3) is 0 Å². The lowest BCUT2D eigenvalue weighted by atomic mass is 9.89. The summed E-state index contributed by atoms with van der Waals surface area (Å²) in [5.41, 5.74) is 0.990. The summed E-state index contributed by atoms with van der Waals surface area (Å²) >= 11 is 0. The molecular formula is C12H16O3. The Morgan fingerprint density at radius 3 is 2.60 bits per heavy atom. The van der Waals surface area contributed by atoms with E-state index in [1.54, 1.807) is 14.0 Å². The van der Waals surface area contributed by atoms with Gasteiger partial charge in [-0.1, -0.05) is 26.0 Å². The van der Waals surface area contributed by atoms with Crippen LogP contribution in [0.5, 0.6) is 5.75 Å². The highest BCUT2D eigenvalue weighted by Crippen LogP contribution is 2.26. The maximum atomic E-state index is 10.8. The van der Waals surface area contributed by atoms with Crippen molar-refractivity contribution in [1.82, 2.24) is 0 Å². The van der Waals surface area contributed by atoms with Crippen LogP contribution in [-0.4, -0.2) is 18.2 Å². The quantitative estimate of drug-likeness (QED) is 0.827. The second-order valence-corrected chi connectivity index (χ2v) is 3.69. The van der Waals surface area contributed by atoms with E-state index in [0.717, 1.165) is 11.3 Å². The largest absolute Gasteiger partial charge is 0.497 e. The summed E-state index contributed by atoms with van der Waals surface area (Å²) in [6.45, 7) is 3.63. The number of aliphatic carboxylic acids is 1.